The van der Waals surface area contributed by atoms with E-state index in [1.165, 1.54) is 0 Å². The fourth-order valence-electron chi connectivity index (χ4n) is 1.03. The maximum Gasteiger partial charge on any atom is 0.225 e. The van der Waals surface area contributed by atoms with Crippen molar-refractivity contribution in [2.24, 2.45) is 0 Å². The van der Waals surface area contributed by atoms with Crippen molar-refractivity contribution in [3.05, 3.63) is 28.8 Å². The zero-order valence-corrected chi connectivity index (χ0v) is 10.2. The number of hydrogen-bond acceptors (Lipinski definition) is 1. The Morgan fingerprint density at radius 3 is 2.86 bits per heavy atom. The van der Waals surface area contributed by atoms with Gasteiger partial charge >= 0.3 is 0 Å². The van der Waals surface area contributed by atoms with Crippen molar-refractivity contribution in [2.75, 3.05) is 10.6 Å². The van der Waals surface area contributed by atoms with E-state index in [2.05, 4.69) is 21.2 Å². The molecule has 0 saturated heterocycles. The molecule has 0 atom stereocenters. The highest BCUT2D eigenvalue weighted by molar-refractivity contribution is 9.09. The van der Waals surface area contributed by atoms with Crippen LogP contribution < -0.4 is 5.32 Å². The molecule has 0 fully saturated rings. The second kappa shape index (κ2) is 5.37. The summed E-state index contributed by atoms with van der Waals surface area (Å²) in [6, 6.07) is 5.43. The highest BCUT2D eigenvalue weighted by Crippen LogP contribution is 2.19. The minimum absolute atomic E-state index is 0.00333. The van der Waals surface area contributed by atoms with E-state index in [0.717, 1.165) is 11.3 Å². The van der Waals surface area contributed by atoms with Gasteiger partial charge in [0, 0.05) is 22.5 Å². The lowest BCUT2D eigenvalue weighted by Crippen LogP contribution is -2.11. The summed E-state index contributed by atoms with van der Waals surface area (Å²) >= 11 is 9.07. The predicted molar refractivity (Wildman–Crippen MR) is 63.2 cm³/mol. The van der Waals surface area contributed by atoms with E-state index in [4.69, 9.17) is 11.6 Å². The van der Waals surface area contributed by atoms with Crippen LogP contribution in [0.4, 0.5) is 5.69 Å². The molecule has 0 saturated carbocycles. The van der Waals surface area contributed by atoms with Crippen LogP contribution in [-0.2, 0) is 4.79 Å². The van der Waals surface area contributed by atoms with Crippen LogP contribution in [0.15, 0.2) is 18.2 Å². The Bertz CT molecular complexity index is 341. The SMILES string of the molecule is Cc1cc(NC(=O)CCBr)ccc1Cl. The van der Waals surface area contributed by atoms with Gasteiger partial charge in [0.1, 0.15) is 0 Å². The third-order valence-electron chi connectivity index (χ3n) is 1.76. The summed E-state index contributed by atoms with van der Waals surface area (Å²) < 4.78 is 0. The molecule has 0 spiro atoms. The van der Waals surface area contributed by atoms with Crippen LogP contribution in [-0.4, -0.2) is 11.2 Å². The molecule has 2 nitrogen and oxygen atoms in total. The highest BCUT2D eigenvalue weighted by Gasteiger charge is 2.02. The Hall–Kier alpha value is -0.540. The van der Waals surface area contributed by atoms with Crippen molar-refractivity contribution in [3.8, 4) is 0 Å². The molecule has 76 valence electrons. The van der Waals surface area contributed by atoms with Crippen molar-refractivity contribution >= 4 is 39.1 Å². The molecule has 1 N–H and O–H groups in total. The van der Waals surface area contributed by atoms with Crippen molar-refractivity contribution in [1.29, 1.82) is 0 Å². The number of carbonyl (C=O) groups excluding carboxylic acids is 1. The lowest BCUT2D eigenvalue weighted by molar-refractivity contribution is -0.115. The van der Waals surface area contributed by atoms with Gasteiger partial charge < -0.3 is 5.32 Å². The zero-order chi connectivity index (χ0) is 10.6. The fraction of sp³-hybridized carbons (Fsp3) is 0.300. The number of nitrogens with one attached hydrogen (secondary N) is 1. The molecule has 0 aliphatic heterocycles. The number of rotatable bonds is 3. The lowest BCUT2D eigenvalue weighted by atomic mass is 10.2. The molecule has 0 radical (unpaired) electrons. The Morgan fingerprint density at radius 2 is 2.29 bits per heavy atom. The van der Waals surface area contributed by atoms with Crippen molar-refractivity contribution in [3.63, 3.8) is 0 Å². The number of amides is 1. The van der Waals surface area contributed by atoms with Gasteiger partial charge in [0.25, 0.3) is 0 Å². The normalized spacial score (nSPS) is 9.93. The van der Waals surface area contributed by atoms with Crippen LogP contribution in [0.2, 0.25) is 5.02 Å². The van der Waals surface area contributed by atoms with Gasteiger partial charge in [-0.1, -0.05) is 27.5 Å². The first-order chi connectivity index (χ1) is 6.63. The Kier molecular flexibility index (Phi) is 4.42. The van der Waals surface area contributed by atoms with Gasteiger partial charge in [-0.15, -0.1) is 0 Å². The first kappa shape index (κ1) is 11.5. The summed E-state index contributed by atoms with van der Waals surface area (Å²) in [5, 5.41) is 4.17. The minimum Gasteiger partial charge on any atom is -0.326 e. The molecule has 0 aliphatic rings. The molecular weight excluding hydrogens is 265 g/mol. The van der Waals surface area contributed by atoms with Crippen LogP contribution >= 0.6 is 27.5 Å². The minimum atomic E-state index is 0.00333. The molecule has 0 aliphatic carbocycles. The first-order valence-electron chi connectivity index (χ1n) is 4.25. The summed E-state index contributed by atoms with van der Waals surface area (Å²) in [5.74, 6) is 0.00333. The van der Waals surface area contributed by atoms with Gasteiger partial charge in [-0.3, -0.25) is 4.79 Å². The van der Waals surface area contributed by atoms with E-state index in [-0.39, 0.29) is 5.91 Å². The van der Waals surface area contributed by atoms with Crippen molar-refractivity contribution in [1.82, 2.24) is 0 Å². The third kappa shape index (κ3) is 3.31. The lowest BCUT2D eigenvalue weighted by Gasteiger charge is -2.05. The standard InChI is InChI=1S/C10H11BrClNO/c1-7-6-8(2-3-9(7)12)13-10(14)4-5-11/h2-3,6H,4-5H2,1H3,(H,13,14). The number of hydrogen-bond donors (Lipinski definition) is 1. The number of anilines is 1. The van der Waals surface area contributed by atoms with E-state index in [9.17, 15) is 4.79 Å². The van der Waals surface area contributed by atoms with Crippen LogP contribution in [0.25, 0.3) is 0 Å². The summed E-state index contributed by atoms with van der Waals surface area (Å²) in [6.07, 6.45) is 0.474. The van der Waals surface area contributed by atoms with Crippen molar-refractivity contribution < 1.29 is 4.79 Å². The third-order valence-corrected chi connectivity index (χ3v) is 2.58. The molecular formula is C10H11BrClNO. The van der Waals surface area contributed by atoms with Crippen LogP contribution in [0.3, 0.4) is 0 Å². The summed E-state index contributed by atoms with van der Waals surface area (Å²) in [7, 11) is 0. The molecule has 1 rings (SSSR count). The number of aryl methyl sites for hydroxylation is 1. The molecule has 0 aromatic heterocycles. The molecule has 14 heavy (non-hydrogen) atoms. The van der Waals surface area contributed by atoms with Gasteiger partial charge in [0.2, 0.25) is 5.91 Å². The number of carbonyl (C=O) groups is 1. The second-order valence-corrected chi connectivity index (χ2v) is 4.15. The largest absolute Gasteiger partial charge is 0.326 e. The van der Waals surface area contributed by atoms with Crippen molar-refractivity contribution in [2.45, 2.75) is 13.3 Å². The van der Waals surface area contributed by atoms with E-state index in [1.54, 1.807) is 12.1 Å². The van der Waals surface area contributed by atoms with E-state index in [0.29, 0.717) is 16.8 Å². The van der Waals surface area contributed by atoms with Gasteiger partial charge in [0.05, 0.1) is 0 Å². The Labute approximate surface area is 96.8 Å². The number of benzene rings is 1. The zero-order valence-electron chi connectivity index (χ0n) is 7.81. The fourth-order valence-corrected chi connectivity index (χ4v) is 1.51. The van der Waals surface area contributed by atoms with E-state index in [1.807, 2.05) is 13.0 Å². The molecule has 1 amide bonds. The summed E-state index contributed by atoms with van der Waals surface area (Å²) in [4.78, 5) is 11.2. The summed E-state index contributed by atoms with van der Waals surface area (Å²) in [5.41, 5.74) is 1.75. The first-order valence-corrected chi connectivity index (χ1v) is 5.75. The van der Waals surface area contributed by atoms with Gasteiger partial charge in [-0.2, -0.15) is 0 Å². The predicted octanol–water partition coefficient (Wildman–Crippen LogP) is 3.37. The summed E-state index contributed by atoms with van der Waals surface area (Å²) in [6.45, 7) is 1.91. The Morgan fingerprint density at radius 1 is 1.57 bits per heavy atom. The number of alkyl halides is 1. The second-order valence-electron chi connectivity index (χ2n) is 2.95. The average molecular weight is 277 g/mol. The van der Waals surface area contributed by atoms with Gasteiger partial charge in [-0.25, -0.2) is 0 Å². The van der Waals surface area contributed by atoms with Crippen LogP contribution in [0, 0.1) is 6.92 Å². The Balaban J connectivity index is 2.68. The molecule has 1 aromatic carbocycles. The van der Waals surface area contributed by atoms with Gasteiger partial charge in [0.15, 0.2) is 0 Å². The quantitative estimate of drug-likeness (QED) is 0.843. The van der Waals surface area contributed by atoms with E-state index < -0.39 is 0 Å². The molecule has 4 heteroatoms. The topological polar surface area (TPSA) is 29.1 Å². The van der Waals surface area contributed by atoms with E-state index >= 15 is 0 Å². The van der Waals surface area contributed by atoms with Gasteiger partial charge in [-0.05, 0) is 30.7 Å². The molecule has 0 heterocycles. The average Bonchev–Trinajstić information content (AvgIpc) is 2.12. The smallest absolute Gasteiger partial charge is 0.225 e. The molecule has 0 bridgehead atoms. The number of halogens is 2. The molecule has 0 unspecified atom stereocenters. The maximum atomic E-state index is 11.2. The van der Waals surface area contributed by atoms with Crippen LogP contribution in [0.1, 0.15) is 12.0 Å². The molecule has 1 aromatic rings. The van der Waals surface area contributed by atoms with Crippen LogP contribution in [0.5, 0.6) is 0 Å². The monoisotopic (exact) mass is 275 g/mol. The highest BCUT2D eigenvalue weighted by atomic mass is 79.9. The maximum absolute atomic E-state index is 11.2.